The lowest BCUT2D eigenvalue weighted by Gasteiger charge is -2.28. The Balaban J connectivity index is 1.87. The molecule has 0 amide bonds. The Labute approximate surface area is 154 Å². The molecule has 4 rings (SSSR count). The van der Waals surface area contributed by atoms with Gasteiger partial charge in [-0.05, 0) is 41.5 Å². The van der Waals surface area contributed by atoms with Gasteiger partial charge in [0.15, 0.2) is 11.9 Å². The largest absolute Gasteiger partial charge is 0.480 e. The Morgan fingerprint density at radius 2 is 1.64 bits per heavy atom. The summed E-state index contributed by atoms with van der Waals surface area (Å²) in [5.74, 6) is 0.642. The number of ketones is 1. The molecule has 3 aromatic carbocycles. The molecular weight excluding hydrogens is 376 g/mol. The van der Waals surface area contributed by atoms with Gasteiger partial charge in [0.1, 0.15) is 5.75 Å². The standard InChI is InChI=1S/C22H15BrO2/c23-17-10-6-7-15(13-17)14-19-21(24)18-11-4-5-12-20(18)25-22(19)16-8-2-1-3-9-16/h1-14,22H/b19-14-/t22-/m1/s1. The van der Waals surface area contributed by atoms with E-state index in [1.807, 2.05) is 84.9 Å². The predicted molar refractivity (Wildman–Crippen MR) is 103 cm³/mol. The molecule has 1 aliphatic rings. The smallest absolute Gasteiger partial charge is 0.196 e. The van der Waals surface area contributed by atoms with Crippen molar-refractivity contribution in [3.63, 3.8) is 0 Å². The Hall–Kier alpha value is -2.65. The number of Topliss-reactive ketones (excluding diaryl/α,β-unsaturated/α-hetero) is 1. The van der Waals surface area contributed by atoms with Gasteiger partial charge in [-0.2, -0.15) is 0 Å². The summed E-state index contributed by atoms with van der Waals surface area (Å²) in [6.07, 6.45) is 1.50. The summed E-state index contributed by atoms with van der Waals surface area (Å²) < 4.78 is 7.18. The molecule has 0 saturated carbocycles. The van der Waals surface area contributed by atoms with Gasteiger partial charge in [0, 0.05) is 10.0 Å². The van der Waals surface area contributed by atoms with Gasteiger partial charge >= 0.3 is 0 Å². The minimum absolute atomic E-state index is 0.00989. The zero-order valence-electron chi connectivity index (χ0n) is 13.4. The normalized spacial score (nSPS) is 17.9. The highest BCUT2D eigenvalue weighted by Crippen LogP contribution is 2.39. The third kappa shape index (κ3) is 3.15. The highest BCUT2D eigenvalue weighted by Gasteiger charge is 2.32. The van der Waals surface area contributed by atoms with E-state index in [9.17, 15) is 4.79 Å². The molecule has 0 aromatic heterocycles. The van der Waals surface area contributed by atoms with E-state index in [0.29, 0.717) is 16.9 Å². The molecular formula is C22H15BrO2. The molecule has 3 heteroatoms. The van der Waals surface area contributed by atoms with Crippen molar-refractivity contribution < 1.29 is 9.53 Å². The fraction of sp³-hybridized carbons (Fsp3) is 0.0455. The molecule has 0 unspecified atom stereocenters. The van der Waals surface area contributed by atoms with Crippen LogP contribution < -0.4 is 4.74 Å². The lowest BCUT2D eigenvalue weighted by Crippen LogP contribution is -2.23. The Kier molecular flexibility index (Phi) is 4.24. The van der Waals surface area contributed by atoms with Crippen LogP contribution in [-0.4, -0.2) is 5.78 Å². The number of hydrogen-bond donors (Lipinski definition) is 0. The van der Waals surface area contributed by atoms with E-state index in [1.54, 1.807) is 0 Å². The maximum absolute atomic E-state index is 13.1. The van der Waals surface area contributed by atoms with Gasteiger partial charge in [0.2, 0.25) is 0 Å². The molecule has 1 aliphatic heterocycles. The van der Waals surface area contributed by atoms with Crippen molar-refractivity contribution in [2.75, 3.05) is 0 Å². The molecule has 0 aliphatic carbocycles. The van der Waals surface area contributed by atoms with Crippen LogP contribution in [0.15, 0.2) is 88.9 Å². The third-order valence-corrected chi connectivity index (χ3v) is 4.69. The molecule has 0 bridgehead atoms. The Bertz CT molecular complexity index is 961. The molecule has 1 heterocycles. The average Bonchev–Trinajstić information content (AvgIpc) is 2.65. The number of fused-ring (bicyclic) bond motifs is 1. The van der Waals surface area contributed by atoms with Crippen molar-refractivity contribution in [1.82, 2.24) is 0 Å². The predicted octanol–water partition coefficient (Wildman–Crippen LogP) is 5.85. The molecule has 122 valence electrons. The molecule has 25 heavy (non-hydrogen) atoms. The van der Waals surface area contributed by atoms with E-state index < -0.39 is 6.10 Å². The second-order valence-corrected chi connectivity index (χ2v) is 6.80. The third-order valence-electron chi connectivity index (χ3n) is 4.19. The van der Waals surface area contributed by atoms with Gasteiger partial charge in [0.05, 0.1) is 5.56 Å². The average molecular weight is 391 g/mol. The first-order valence-corrected chi connectivity index (χ1v) is 8.84. The number of ether oxygens (including phenoxy) is 1. The number of carbonyl (C=O) groups excluding carboxylic acids is 1. The van der Waals surface area contributed by atoms with Gasteiger partial charge in [-0.15, -0.1) is 0 Å². The number of hydrogen-bond acceptors (Lipinski definition) is 2. The Morgan fingerprint density at radius 1 is 0.880 bits per heavy atom. The molecule has 2 nitrogen and oxygen atoms in total. The first-order chi connectivity index (χ1) is 12.2. The second kappa shape index (κ2) is 6.69. The molecule has 1 atom stereocenters. The van der Waals surface area contributed by atoms with Crippen LogP contribution in [0.1, 0.15) is 27.6 Å². The number of rotatable bonds is 2. The molecule has 0 saturated heterocycles. The van der Waals surface area contributed by atoms with E-state index in [2.05, 4.69) is 15.9 Å². The summed E-state index contributed by atoms with van der Waals surface area (Å²) in [7, 11) is 0. The molecule has 0 radical (unpaired) electrons. The molecule has 0 N–H and O–H groups in total. The van der Waals surface area contributed by atoms with E-state index in [4.69, 9.17) is 4.74 Å². The minimum atomic E-state index is -0.414. The van der Waals surface area contributed by atoms with Crippen molar-refractivity contribution in [2.45, 2.75) is 6.10 Å². The van der Waals surface area contributed by atoms with Crippen molar-refractivity contribution in [2.24, 2.45) is 0 Å². The topological polar surface area (TPSA) is 26.3 Å². The molecule has 0 fully saturated rings. The summed E-state index contributed by atoms with van der Waals surface area (Å²) in [4.78, 5) is 13.1. The number of benzene rings is 3. The quantitative estimate of drug-likeness (QED) is 0.513. The number of para-hydroxylation sites is 1. The monoisotopic (exact) mass is 390 g/mol. The lowest BCUT2D eigenvalue weighted by atomic mass is 9.89. The highest BCUT2D eigenvalue weighted by molar-refractivity contribution is 9.10. The minimum Gasteiger partial charge on any atom is -0.480 e. The first kappa shape index (κ1) is 15.9. The van der Waals surface area contributed by atoms with Gasteiger partial charge in [-0.3, -0.25) is 4.79 Å². The van der Waals surface area contributed by atoms with Crippen LogP contribution in [0.3, 0.4) is 0 Å². The van der Waals surface area contributed by atoms with Crippen LogP contribution in [0.25, 0.3) is 6.08 Å². The van der Waals surface area contributed by atoms with Crippen molar-refractivity contribution in [1.29, 1.82) is 0 Å². The molecule has 0 spiro atoms. The fourth-order valence-electron chi connectivity index (χ4n) is 3.01. The van der Waals surface area contributed by atoms with Crippen molar-refractivity contribution in [3.05, 3.63) is 106 Å². The van der Waals surface area contributed by atoms with E-state index in [1.165, 1.54) is 0 Å². The van der Waals surface area contributed by atoms with Crippen LogP contribution in [0.4, 0.5) is 0 Å². The highest BCUT2D eigenvalue weighted by atomic mass is 79.9. The Morgan fingerprint density at radius 3 is 2.44 bits per heavy atom. The van der Waals surface area contributed by atoms with E-state index in [0.717, 1.165) is 15.6 Å². The lowest BCUT2D eigenvalue weighted by molar-refractivity contribution is 0.0963. The van der Waals surface area contributed by atoms with Gasteiger partial charge in [-0.25, -0.2) is 0 Å². The SMILES string of the molecule is O=C1/C(=C/c2cccc(Br)c2)[C@@H](c2ccccc2)Oc2ccccc21. The zero-order chi connectivity index (χ0) is 17.2. The summed E-state index contributed by atoms with van der Waals surface area (Å²) in [5, 5.41) is 0. The van der Waals surface area contributed by atoms with E-state index >= 15 is 0 Å². The van der Waals surface area contributed by atoms with E-state index in [-0.39, 0.29) is 5.78 Å². The maximum Gasteiger partial charge on any atom is 0.196 e. The summed E-state index contributed by atoms with van der Waals surface area (Å²) >= 11 is 3.48. The van der Waals surface area contributed by atoms with Crippen molar-refractivity contribution in [3.8, 4) is 5.75 Å². The summed E-state index contributed by atoms with van der Waals surface area (Å²) in [5.41, 5.74) is 3.17. The maximum atomic E-state index is 13.1. The van der Waals surface area contributed by atoms with Crippen molar-refractivity contribution >= 4 is 27.8 Å². The summed E-state index contributed by atoms with van der Waals surface area (Å²) in [6.45, 7) is 0. The van der Waals surface area contributed by atoms with Gasteiger partial charge in [-0.1, -0.05) is 70.5 Å². The summed E-state index contributed by atoms with van der Waals surface area (Å²) in [6, 6.07) is 25.1. The second-order valence-electron chi connectivity index (χ2n) is 5.89. The fourth-order valence-corrected chi connectivity index (χ4v) is 3.43. The van der Waals surface area contributed by atoms with Crippen LogP contribution in [0, 0.1) is 0 Å². The van der Waals surface area contributed by atoms with Crippen LogP contribution >= 0.6 is 15.9 Å². The number of carbonyl (C=O) groups is 1. The van der Waals surface area contributed by atoms with Crippen LogP contribution in [0.2, 0.25) is 0 Å². The van der Waals surface area contributed by atoms with Gasteiger partial charge < -0.3 is 4.74 Å². The first-order valence-electron chi connectivity index (χ1n) is 8.05. The molecule has 3 aromatic rings. The zero-order valence-corrected chi connectivity index (χ0v) is 14.9. The number of halogens is 1. The van der Waals surface area contributed by atoms with Crippen LogP contribution in [0.5, 0.6) is 5.75 Å². The van der Waals surface area contributed by atoms with Crippen LogP contribution in [-0.2, 0) is 0 Å². The van der Waals surface area contributed by atoms with Gasteiger partial charge in [0.25, 0.3) is 0 Å².